The van der Waals surface area contributed by atoms with E-state index < -0.39 is 0 Å². The van der Waals surface area contributed by atoms with Crippen molar-refractivity contribution in [2.75, 3.05) is 25.0 Å². The fourth-order valence-electron chi connectivity index (χ4n) is 2.62. The second-order valence-electron chi connectivity index (χ2n) is 5.77. The molecule has 4 nitrogen and oxygen atoms in total. The number of halogens is 1. The van der Waals surface area contributed by atoms with Crippen molar-refractivity contribution in [1.82, 2.24) is 10.6 Å². The lowest BCUT2D eigenvalue weighted by atomic mass is 10.0. The molecular weight excluding hydrogens is 378 g/mol. The normalized spacial score (nSPS) is 9.96. The van der Waals surface area contributed by atoms with Gasteiger partial charge in [0.2, 0.25) is 0 Å². The number of anilines is 1. The topological polar surface area (TPSA) is 53.2 Å². The third-order valence-corrected chi connectivity index (χ3v) is 3.83. The van der Waals surface area contributed by atoms with Crippen molar-refractivity contribution in [3.63, 3.8) is 0 Å². The summed E-state index contributed by atoms with van der Waals surface area (Å²) in [4.78, 5) is 11.7. The van der Waals surface area contributed by atoms with E-state index in [0.29, 0.717) is 6.54 Å². The Labute approximate surface area is 161 Å². The highest BCUT2D eigenvalue weighted by Crippen LogP contribution is 2.11. The lowest BCUT2D eigenvalue weighted by Crippen LogP contribution is -2.35. The molecule has 2 aromatic rings. The Balaban J connectivity index is 0.00000312. The Bertz CT molecular complexity index is 619. The number of carbonyl (C=O) groups is 1. The van der Waals surface area contributed by atoms with E-state index in [9.17, 15) is 4.79 Å². The van der Waals surface area contributed by atoms with Gasteiger partial charge in [-0.3, -0.25) is 0 Å². The van der Waals surface area contributed by atoms with E-state index in [1.165, 1.54) is 17.5 Å². The molecule has 0 aliphatic carbocycles. The highest BCUT2D eigenvalue weighted by Gasteiger charge is 2.01. The van der Waals surface area contributed by atoms with Crippen molar-refractivity contribution in [1.29, 1.82) is 0 Å². The summed E-state index contributed by atoms with van der Waals surface area (Å²) in [6.07, 6.45) is 3.33. The number of benzene rings is 2. The second-order valence-corrected chi connectivity index (χ2v) is 5.77. The van der Waals surface area contributed by atoms with Gasteiger partial charge < -0.3 is 16.0 Å². The zero-order chi connectivity index (χ0) is 17.0. The first-order chi connectivity index (χ1) is 11.8. The number of carbonyl (C=O) groups excluding carboxylic acids is 1. The minimum Gasteiger partial charge on any atom is -0.337 e. The molecule has 0 aliphatic heterocycles. The lowest BCUT2D eigenvalue weighted by molar-refractivity contribution is 0.252. The average Bonchev–Trinajstić information content (AvgIpc) is 2.60. The molecule has 0 bridgehead atoms. The number of hydrogen-bond donors (Lipinski definition) is 3. The Morgan fingerprint density at radius 1 is 0.840 bits per heavy atom. The number of rotatable bonds is 9. The smallest absolute Gasteiger partial charge is 0.319 e. The van der Waals surface area contributed by atoms with Crippen LogP contribution < -0.4 is 16.0 Å². The third kappa shape index (κ3) is 8.18. The summed E-state index contributed by atoms with van der Waals surface area (Å²) in [5.41, 5.74) is 3.67. The van der Waals surface area contributed by atoms with E-state index in [1.54, 1.807) is 0 Å². The van der Waals surface area contributed by atoms with Gasteiger partial charge in [0.15, 0.2) is 0 Å². The molecule has 2 rings (SSSR count). The van der Waals surface area contributed by atoms with E-state index in [0.717, 1.165) is 31.6 Å². The van der Waals surface area contributed by atoms with Crippen molar-refractivity contribution in [2.24, 2.45) is 0 Å². The van der Waals surface area contributed by atoms with E-state index in [4.69, 9.17) is 0 Å². The van der Waals surface area contributed by atoms with Gasteiger partial charge in [-0.25, -0.2) is 4.79 Å². The van der Waals surface area contributed by atoms with Gasteiger partial charge >= 0.3 is 6.03 Å². The molecule has 25 heavy (non-hydrogen) atoms. The summed E-state index contributed by atoms with van der Waals surface area (Å²) in [7, 11) is 0. The molecule has 5 heteroatoms. The summed E-state index contributed by atoms with van der Waals surface area (Å²) in [6, 6.07) is 17.9. The van der Waals surface area contributed by atoms with Crippen molar-refractivity contribution in [2.45, 2.75) is 26.2 Å². The van der Waals surface area contributed by atoms with Gasteiger partial charge in [-0.05, 0) is 42.6 Å². The quantitative estimate of drug-likeness (QED) is 0.548. The molecule has 0 aromatic heterocycles. The maximum atomic E-state index is 11.7. The van der Waals surface area contributed by atoms with Gasteiger partial charge in [-0.2, -0.15) is 0 Å². The third-order valence-electron chi connectivity index (χ3n) is 3.83. The summed E-state index contributed by atoms with van der Waals surface area (Å²) < 4.78 is 0. The van der Waals surface area contributed by atoms with Crippen LogP contribution in [0.15, 0.2) is 54.6 Å². The van der Waals surface area contributed by atoms with Crippen LogP contribution in [0.4, 0.5) is 10.5 Å². The van der Waals surface area contributed by atoms with Crippen LogP contribution in [0, 0.1) is 0 Å². The molecule has 0 heterocycles. The van der Waals surface area contributed by atoms with Crippen molar-refractivity contribution in [3.05, 3.63) is 65.7 Å². The van der Waals surface area contributed by atoms with Crippen LogP contribution in [0.5, 0.6) is 0 Å². The molecule has 0 atom stereocenters. The van der Waals surface area contributed by atoms with E-state index in [-0.39, 0.29) is 23.0 Å². The Kier molecular flexibility index (Phi) is 10.6. The first-order valence-corrected chi connectivity index (χ1v) is 8.67. The number of amides is 2. The molecule has 0 unspecified atom stereocenters. The van der Waals surface area contributed by atoms with Gasteiger partial charge in [-0.1, -0.05) is 55.8 Å². The van der Waals surface area contributed by atoms with Gasteiger partial charge in [0.1, 0.15) is 0 Å². The number of nitrogens with one attached hydrogen (secondary N) is 3. The summed E-state index contributed by atoms with van der Waals surface area (Å²) in [6.45, 7) is 4.50. The Morgan fingerprint density at radius 3 is 2.16 bits per heavy atom. The number of aryl methyl sites for hydroxylation is 1. The minimum atomic E-state index is -0.170. The zero-order valence-electron chi connectivity index (χ0n) is 14.8. The summed E-state index contributed by atoms with van der Waals surface area (Å²) in [5.74, 6) is 0. The molecule has 0 saturated heterocycles. The Morgan fingerprint density at radius 2 is 1.48 bits per heavy atom. The first-order valence-electron chi connectivity index (χ1n) is 8.67. The predicted molar refractivity (Wildman–Crippen MR) is 111 cm³/mol. The molecule has 2 amide bonds. The maximum Gasteiger partial charge on any atom is 0.319 e. The molecule has 0 fully saturated rings. The second kappa shape index (κ2) is 12.5. The molecule has 0 spiro atoms. The van der Waals surface area contributed by atoms with Crippen LogP contribution >= 0.6 is 17.0 Å². The highest BCUT2D eigenvalue weighted by atomic mass is 79.9. The van der Waals surface area contributed by atoms with Gasteiger partial charge in [0.25, 0.3) is 0 Å². The van der Waals surface area contributed by atoms with Crippen LogP contribution in [0.3, 0.4) is 0 Å². The molecule has 3 N–H and O–H groups in total. The standard InChI is InChI=1S/C20H27N3O.BrH/c1-2-8-17-9-6-7-10-18(17)13-14-21-15-16-22-20(24)23-19-11-4-3-5-12-19;/h3-7,9-12,21H,2,8,13-16H2,1H3,(H2,22,23,24);1H. The molecular formula is C20H28BrN3O. The number of para-hydroxylation sites is 1. The first kappa shape index (κ1) is 21.2. The zero-order valence-corrected chi connectivity index (χ0v) is 16.5. The summed E-state index contributed by atoms with van der Waals surface area (Å²) >= 11 is 0. The van der Waals surface area contributed by atoms with E-state index in [1.807, 2.05) is 30.3 Å². The van der Waals surface area contributed by atoms with Crippen LogP contribution in [0.1, 0.15) is 24.5 Å². The number of hydrogen-bond acceptors (Lipinski definition) is 2. The number of urea groups is 1. The monoisotopic (exact) mass is 405 g/mol. The van der Waals surface area contributed by atoms with E-state index in [2.05, 4.69) is 47.1 Å². The maximum absolute atomic E-state index is 11.7. The van der Waals surface area contributed by atoms with Crippen molar-refractivity contribution >= 4 is 28.7 Å². The molecule has 0 saturated carbocycles. The SMILES string of the molecule is Br.CCCc1ccccc1CCNCCNC(=O)Nc1ccccc1. The molecule has 2 aromatic carbocycles. The van der Waals surface area contributed by atoms with Crippen LogP contribution in [-0.4, -0.2) is 25.7 Å². The molecule has 136 valence electrons. The highest BCUT2D eigenvalue weighted by molar-refractivity contribution is 8.93. The minimum absolute atomic E-state index is 0. The van der Waals surface area contributed by atoms with Crippen LogP contribution in [0.25, 0.3) is 0 Å². The lowest BCUT2D eigenvalue weighted by Gasteiger charge is -2.10. The Hall–Kier alpha value is -1.85. The largest absolute Gasteiger partial charge is 0.337 e. The average molecular weight is 406 g/mol. The van der Waals surface area contributed by atoms with Gasteiger partial charge in [0, 0.05) is 18.8 Å². The van der Waals surface area contributed by atoms with Gasteiger partial charge in [0.05, 0.1) is 0 Å². The van der Waals surface area contributed by atoms with Crippen molar-refractivity contribution < 1.29 is 4.79 Å². The molecule has 0 aliphatic rings. The summed E-state index contributed by atoms with van der Waals surface area (Å²) in [5, 5.41) is 9.03. The fourth-order valence-corrected chi connectivity index (χ4v) is 2.62. The van der Waals surface area contributed by atoms with Crippen LogP contribution in [0.2, 0.25) is 0 Å². The van der Waals surface area contributed by atoms with E-state index >= 15 is 0 Å². The predicted octanol–water partition coefficient (Wildman–Crippen LogP) is 4.17. The molecule has 0 radical (unpaired) electrons. The van der Waals surface area contributed by atoms with Gasteiger partial charge in [-0.15, -0.1) is 17.0 Å². The fraction of sp³-hybridized carbons (Fsp3) is 0.350. The van der Waals surface area contributed by atoms with Crippen LogP contribution in [-0.2, 0) is 12.8 Å². The van der Waals surface area contributed by atoms with Crippen molar-refractivity contribution in [3.8, 4) is 0 Å².